The van der Waals surface area contributed by atoms with Gasteiger partial charge in [-0.05, 0) is 38.8 Å². The first kappa shape index (κ1) is 15.4. The smallest absolute Gasteiger partial charge is 0.407 e. The largest absolute Gasteiger partial charge is 0.444 e. The van der Waals surface area contributed by atoms with E-state index >= 15 is 0 Å². The highest BCUT2D eigenvalue weighted by Crippen LogP contribution is 2.11. The van der Waals surface area contributed by atoms with E-state index in [1.165, 1.54) is 12.1 Å². The number of rotatable bonds is 4. The molecule has 0 radical (unpaired) electrons. The molecule has 19 heavy (non-hydrogen) atoms. The fourth-order valence-corrected chi connectivity index (χ4v) is 1.50. The number of halogens is 1. The number of hydrogen-bond acceptors (Lipinski definition) is 3. The maximum absolute atomic E-state index is 13.4. The fraction of sp³-hybridized carbons (Fsp3) is 0.500. The van der Waals surface area contributed by atoms with Crippen molar-refractivity contribution in [2.75, 3.05) is 6.54 Å². The van der Waals surface area contributed by atoms with Crippen molar-refractivity contribution in [3.05, 3.63) is 35.1 Å². The number of carbonyl (C=O) groups excluding carboxylic acids is 1. The maximum Gasteiger partial charge on any atom is 0.407 e. The lowest BCUT2D eigenvalue weighted by Gasteiger charge is -2.19. The van der Waals surface area contributed by atoms with Crippen molar-refractivity contribution < 1.29 is 19.0 Å². The van der Waals surface area contributed by atoms with Crippen molar-refractivity contribution in [3.8, 4) is 0 Å². The van der Waals surface area contributed by atoms with Crippen LogP contribution in [0, 0.1) is 5.82 Å². The minimum atomic E-state index is -0.529. The zero-order valence-electron chi connectivity index (χ0n) is 11.5. The van der Waals surface area contributed by atoms with E-state index in [9.17, 15) is 9.18 Å². The first-order valence-electron chi connectivity index (χ1n) is 6.17. The molecule has 4 nitrogen and oxygen atoms in total. The molecule has 2 N–H and O–H groups in total. The third-order valence-electron chi connectivity index (χ3n) is 2.37. The number of nitrogens with one attached hydrogen (secondary N) is 1. The van der Waals surface area contributed by atoms with Crippen LogP contribution in [-0.4, -0.2) is 23.3 Å². The molecule has 0 unspecified atom stereocenters. The number of aliphatic hydroxyl groups is 1. The van der Waals surface area contributed by atoms with Crippen molar-refractivity contribution in [3.63, 3.8) is 0 Å². The summed E-state index contributed by atoms with van der Waals surface area (Å²) in [6.45, 7) is 5.41. The standard InChI is InChI=1S/C14H20FNO3/c1-14(2,3)19-13(18)16-7-6-10-4-5-11(9-17)12(15)8-10/h4-5,8,17H,6-7,9H2,1-3H3,(H,16,18). The second-order valence-electron chi connectivity index (χ2n) is 5.26. The van der Waals surface area contributed by atoms with Crippen LogP contribution in [0.3, 0.4) is 0 Å². The minimum absolute atomic E-state index is 0.267. The summed E-state index contributed by atoms with van der Waals surface area (Å²) >= 11 is 0. The van der Waals surface area contributed by atoms with Crippen LogP contribution in [0.4, 0.5) is 9.18 Å². The number of hydrogen-bond donors (Lipinski definition) is 2. The number of carbonyl (C=O) groups is 1. The van der Waals surface area contributed by atoms with Gasteiger partial charge in [-0.15, -0.1) is 0 Å². The van der Waals surface area contributed by atoms with Gasteiger partial charge in [-0.1, -0.05) is 12.1 Å². The summed E-state index contributed by atoms with van der Waals surface area (Å²) in [5.74, 6) is -0.433. The molecule has 1 rings (SSSR count). The lowest BCUT2D eigenvalue weighted by Crippen LogP contribution is -2.33. The van der Waals surface area contributed by atoms with Gasteiger partial charge in [0, 0.05) is 12.1 Å². The molecule has 1 aromatic carbocycles. The summed E-state index contributed by atoms with van der Waals surface area (Å²) in [7, 11) is 0. The molecule has 0 atom stereocenters. The molecule has 5 heteroatoms. The van der Waals surface area contributed by atoms with Gasteiger partial charge in [-0.2, -0.15) is 0 Å². The zero-order chi connectivity index (χ0) is 14.5. The normalized spacial score (nSPS) is 11.2. The van der Waals surface area contributed by atoms with E-state index in [0.29, 0.717) is 13.0 Å². The molecule has 0 fully saturated rings. The first-order chi connectivity index (χ1) is 8.81. The molecule has 1 aromatic rings. The number of ether oxygens (including phenoxy) is 1. The molecule has 106 valence electrons. The van der Waals surface area contributed by atoms with E-state index in [-0.39, 0.29) is 12.2 Å². The van der Waals surface area contributed by atoms with Gasteiger partial charge >= 0.3 is 6.09 Å². The van der Waals surface area contributed by atoms with Gasteiger partial charge in [-0.3, -0.25) is 0 Å². The summed E-state index contributed by atoms with van der Waals surface area (Å²) in [5.41, 5.74) is 0.494. The van der Waals surface area contributed by atoms with Crippen LogP contribution in [0.5, 0.6) is 0 Å². The first-order valence-corrected chi connectivity index (χ1v) is 6.17. The Kier molecular flexibility index (Phi) is 5.30. The second-order valence-corrected chi connectivity index (χ2v) is 5.26. The number of aliphatic hydroxyl groups excluding tert-OH is 1. The Morgan fingerprint density at radius 1 is 1.42 bits per heavy atom. The molecule has 1 amide bonds. The molecule has 0 saturated heterocycles. The fourth-order valence-electron chi connectivity index (χ4n) is 1.50. The molecule has 0 heterocycles. The summed E-state index contributed by atoms with van der Waals surface area (Å²) < 4.78 is 18.5. The van der Waals surface area contributed by atoms with Gasteiger partial charge < -0.3 is 15.2 Å². The Labute approximate surface area is 112 Å². The molecule has 0 aliphatic rings. The van der Waals surface area contributed by atoms with E-state index in [0.717, 1.165) is 5.56 Å². The summed E-state index contributed by atoms with van der Waals surface area (Å²) in [6, 6.07) is 4.63. The van der Waals surface area contributed by atoms with E-state index in [1.807, 2.05) is 0 Å². The molecule has 0 saturated carbocycles. The lowest BCUT2D eigenvalue weighted by molar-refractivity contribution is 0.0528. The Hall–Kier alpha value is -1.62. The molecular formula is C14H20FNO3. The Balaban J connectivity index is 2.41. The average Bonchev–Trinajstić information content (AvgIpc) is 2.26. The highest BCUT2D eigenvalue weighted by molar-refractivity contribution is 5.67. The van der Waals surface area contributed by atoms with Crippen molar-refractivity contribution in [1.82, 2.24) is 5.32 Å². The SMILES string of the molecule is CC(C)(C)OC(=O)NCCc1ccc(CO)c(F)c1. The Morgan fingerprint density at radius 3 is 2.63 bits per heavy atom. The van der Waals surface area contributed by atoms with Crippen LogP contribution in [-0.2, 0) is 17.8 Å². The van der Waals surface area contributed by atoms with Gasteiger partial charge in [-0.25, -0.2) is 9.18 Å². The van der Waals surface area contributed by atoms with E-state index in [2.05, 4.69) is 5.32 Å². The van der Waals surface area contributed by atoms with Gasteiger partial charge in [0.05, 0.1) is 6.61 Å². The topological polar surface area (TPSA) is 58.6 Å². The Morgan fingerprint density at radius 2 is 2.11 bits per heavy atom. The van der Waals surface area contributed by atoms with Crippen LogP contribution in [0.25, 0.3) is 0 Å². The van der Waals surface area contributed by atoms with E-state index in [4.69, 9.17) is 9.84 Å². The van der Waals surface area contributed by atoms with Crippen molar-refractivity contribution in [2.45, 2.75) is 39.4 Å². The maximum atomic E-state index is 13.4. The van der Waals surface area contributed by atoms with Crippen LogP contribution < -0.4 is 5.32 Å². The third-order valence-corrected chi connectivity index (χ3v) is 2.37. The summed E-state index contributed by atoms with van der Waals surface area (Å²) in [4.78, 5) is 11.4. The predicted molar refractivity (Wildman–Crippen MR) is 70.3 cm³/mol. The number of alkyl carbamates (subject to hydrolysis) is 1. The quantitative estimate of drug-likeness (QED) is 0.882. The molecule has 0 aliphatic carbocycles. The van der Waals surface area contributed by atoms with Gasteiger partial charge in [0.1, 0.15) is 11.4 Å². The molecule has 0 aromatic heterocycles. The van der Waals surface area contributed by atoms with E-state index < -0.39 is 17.5 Å². The molecular weight excluding hydrogens is 249 g/mol. The molecule has 0 aliphatic heterocycles. The van der Waals surface area contributed by atoms with Gasteiger partial charge in [0.25, 0.3) is 0 Å². The van der Waals surface area contributed by atoms with Crippen LogP contribution in [0.1, 0.15) is 31.9 Å². The average molecular weight is 269 g/mol. The molecule has 0 spiro atoms. The van der Waals surface area contributed by atoms with Gasteiger partial charge in [0.15, 0.2) is 0 Å². The Bertz CT molecular complexity index is 441. The van der Waals surface area contributed by atoms with Crippen LogP contribution >= 0.6 is 0 Å². The van der Waals surface area contributed by atoms with Crippen LogP contribution in [0.2, 0.25) is 0 Å². The highest BCUT2D eigenvalue weighted by Gasteiger charge is 2.15. The minimum Gasteiger partial charge on any atom is -0.444 e. The summed E-state index contributed by atoms with van der Waals surface area (Å²) in [5, 5.41) is 11.5. The molecule has 0 bridgehead atoms. The lowest BCUT2D eigenvalue weighted by atomic mass is 10.1. The van der Waals surface area contributed by atoms with Crippen molar-refractivity contribution >= 4 is 6.09 Å². The number of benzene rings is 1. The van der Waals surface area contributed by atoms with Crippen molar-refractivity contribution in [2.24, 2.45) is 0 Å². The predicted octanol–water partition coefficient (Wildman–Crippen LogP) is 2.39. The van der Waals surface area contributed by atoms with Crippen LogP contribution in [0.15, 0.2) is 18.2 Å². The third kappa shape index (κ3) is 5.70. The summed E-state index contributed by atoms with van der Waals surface area (Å²) in [6.07, 6.45) is 0.0157. The number of amides is 1. The second kappa shape index (κ2) is 6.52. The monoisotopic (exact) mass is 269 g/mol. The highest BCUT2D eigenvalue weighted by atomic mass is 19.1. The van der Waals surface area contributed by atoms with Crippen molar-refractivity contribution in [1.29, 1.82) is 0 Å². The van der Waals surface area contributed by atoms with Gasteiger partial charge in [0.2, 0.25) is 0 Å². The van der Waals surface area contributed by atoms with E-state index in [1.54, 1.807) is 26.8 Å². The zero-order valence-corrected chi connectivity index (χ0v) is 11.5.